The molecular weight excluding hydrogens is 350 g/mol. The van der Waals surface area contributed by atoms with E-state index in [4.69, 9.17) is 9.90 Å². The molecule has 2 nitrogen and oxygen atoms in total. The predicted molar refractivity (Wildman–Crippen MR) is 116 cm³/mol. The molecule has 0 N–H and O–H groups in total. The standard InChI is InChI=1S/C24H21NOS/c1-13(2)20-11-21(25-12-14(20)3)19-7-5-6-17-18-9-8-16-10-15(4)27-24(16)23(18)26-22(17)19/h5-13H,1-4H3/i3D3,13D. The summed E-state index contributed by atoms with van der Waals surface area (Å²) in [5, 5.41) is 3.20. The maximum absolute atomic E-state index is 8.50. The summed E-state index contributed by atoms with van der Waals surface area (Å²) >= 11 is 1.71. The molecule has 0 aliphatic carbocycles. The Morgan fingerprint density at radius 1 is 1.11 bits per heavy atom. The van der Waals surface area contributed by atoms with Gasteiger partial charge in [0.2, 0.25) is 0 Å². The van der Waals surface area contributed by atoms with E-state index in [2.05, 4.69) is 30.1 Å². The third-order valence-corrected chi connectivity index (χ3v) is 6.06. The Labute approximate surface area is 168 Å². The van der Waals surface area contributed by atoms with Gasteiger partial charge >= 0.3 is 0 Å². The lowest BCUT2D eigenvalue weighted by molar-refractivity contribution is 0.674. The molecule has 0 aliphatic heterocycles. The summed E-state index contributed by atoms with van der Waals surface area (Å²) in [6.07, 6.45) is 1.39. The molecule has 5 rings (SSSR count). The molecule has 3 aromatic heterocycles. The molecule has 0 amide bonds. The molecule has 27 heavy (non-hydrogen) atoms. The van der Waals surface area contributed by atoms with Gasteiger partial charge in [-0.2, -0.15) is 0 Å². The summed E-state index contributed by atoms with van der Waals surface area (Å²) in [6, 6.07) is 14.0. The number of aryl methyl sites for hydroxylation is 2. The Morgan fingerprint density at radius 3 is 2.78 bits per heavy atom. The highest BCUT2D eigenvalue weighted by Crippen LogP contribution is 2.40. The number of hydrogen-bond acceptors (Lipinski definition) is 3. The van der Waals surface area contributed by atoms with Gasteiger partial charge in [-0.25, -0.2) is 0 Å². The molecular formula is C24H21NOS. The number of benzene rings is 2. The van der Waals surface area contributed by atoms with Gasteiger partial charge in [0.1, 0.15) is 5.58 Å². The van der Waals surface area contributed by atoms with E-state index in [1.165, 1.54) is 11.1 Å². The molecule has 0 radical (unpaired) electrons. The van der Waals surface area contributed by atoms with Crippen LogP contribution in [-0.2, 0) is 0 Å². The number of hydrogen-bond donors (Lipinski definition) is 0. The summed E-state index contributed by atoms with van der Waals surface area (Å²) in [5.74, 6) is -1.08. The van der Waals surface area contributed by atoms with Gasteiger partial charge in [0.05, 0.1) is 10.4 Å². The zero-order chi connectivity index (χ0) is 22.1. The van der Waals surface area contributed by atoms with Gasteiger partial charge in [-0.3, -0.25) is 4.98 Å². The fourth-order valence-corrected chi connectivity index (χ4v) is 4.70. The van der Waals surface area contributed by atoms with E-state index in [1.54, 1.807) is 31.3 Å². The number of aromatic nitrogens is 1. The first-order chi connectivity index (χ1) is 14.5. The minimum Gasteiger partial charge on any atom is -0.454 e. The van der Waals surface area contributed by atoms with E-state index >= 15 is 0 Å². The molecule has 0 saturated carbocycles. The summed E-state index contributed by atoms with van der Waals surface area (Å²) in [6.45, 7) is 3.15. The van der Waals surface area contributed by atoms with Crippen molar-refractivity contribution >= 4 is 43.4 Å². The molecule has 2 aromatic carbocycles. The van der Waals surface area contributed by atoms with E-state index in [-0.39, 0.29) is 5.56 Å². The van der Waals surface area contributed by atoms with Crippen LogP contribution >= 0.6 is 11.3 Å². The Hall–Kier alpha value is -2.65. The van der Waals surface area contributed by atoms with E-state index < -0.39 is 12.7 Å². The van der Waals surface area contributed by atoms with Crippen LogP contribution in [0.3, 0.4) is 0 Å². The van der Waals surface area contributed by atoms with Crippen LogP contribution in [0.1, 0.15) is 41.2 Å². The third-order valence-electron chi connectivity index (χ3n) is 4.99. The van der Waals surface area contributed by atoms with Gasteiger partial charge in [0.15, 0.2) is 5.58 Å². The number of nitrogens with zero attached hydrogens (tertiary/aromatic N) is 1. The normalized spacial score (nSPS) is 15.1. The fourth-order valence-electron chi connectivity index (χ4n) is 3.70. The predicted octanol–water partition coefficient (Wildman–Crippen LogP) is 7.60. The Bertz CT molecular complexity index is 1470. The van der Waals surface area contributed by atoms with E-state index in [1.807, 2.05) is 18.2 Å². The zero-order valence-corrected chi connectivity index (χ0v) is 16.2. The molecule has 5 aromatic rings. The smallest absolute Gasteiger partial charge is 0.153 e. The lowest BCUT2D eigenvalue weighted by Gasteiger charge is -2.11. The van der Waals surface area contributed by atoms with Crippen LogP contribution in [0, 0.1) is 13.8 Å². The van der Waals surface area contributed by atoms with Crippen molar-refractivity contribution in [3.63, 3.8) is 0 Å². The molecule has 0 fully saturated rings. The van der Waals surface area contributed by atoms with E-state index in [0.29, 0.717) is 11.3 Å². The number of rotatable bonds is 2. The molecule has 0 bridgehead atoms. The summed E-state index contributed by atoms with van der Waals surface area (Å²) in [4.78, 5) is 5.70. The second kappa shape index (κ2) is 5.93. The highest BCUT2D eigenvalue weighted by atomic mass is 32.1. The molecule has 3 heteroatoms. The number of thiophene rings is 1. The van der Waals surface area contributed by atoms with Crippen molar-refractivity contribution in [1.82, 2.24) is 4.98 Å². The molecule has 0 saturated heterocycles. The van der Waals surface area contributed by atoms with Crippen molar-refractivity contribution < 1.29 is 9.90 Å². The van der Waals surface area contributed by atoms with Crippen LogP contribution < -0.4 is 0 Å². The second-order valence-electron chi connectivity index (χ2n) is 7.12. The monoisotopic (exact) mass is 375 g/mol. The molecule has 3 heterocycles. The summed E-state index contributed by atoms with van der Waals surface area (Å²) in [5.41, 5.74) is 3.53. The lowest BCUT2D eigenvalue weighted by Crippen LogP contribution is -1.95. The largest absolute Gasteiger partial charge is 0.454 e. The number of fused-ring (bicyclic) bond motifs is 5. The Balaban J connectivity index is 1.80. The van der Waals surface area contributed by atoms with E-state index in [9.17, 15) is 0 Å². The number of para-hydroxylation sites is 1. The molecule has 0 atom stereocenters. The van der Waals surface area contributed by atoms with Gasteiger partial charge < -0.3 is 4.42 Å². The van der Waals surface area contributed by atoms with Crippen LogP contribution in [0.15, 0.2) is 53.1 Å². The van der Waals surface area contributed by atoms with Crippen LogP contribution in [0.25, 0.3) is 43.3 Å². The minimum absolute atomic E-state index is 0.115. The van der Waals surface area contributed by atoms with Gasteiger partial charge in [-0.1, -0.05) is 32.0 Å². The second-order valence-corrected chi connectivity index (χ2v) is 8.37. The summed E-state index contributed by atoms with van der Waals surface area (Å²) in [7, 11) is 0. The van der Waals surface area contributed by atoms with Gasteiger partial charge in [0, 0.05) is 32.9 Å². The van der Waals surface area contributed by atoms with Gasteiger partial charge in [-0.05, 0) is 60.4 Å². The highest BCUT2D eigenvalue weighted by Gasteiger charge is 2.16. The van der Waals surface area contributed by atoms with Crippen molar-refractivity contribution in [3.05, 3.63) is 64.7 Å². The van der Waals surface area contributed by atoms with Crippen molar-refractivity contribution in [3.8, 4) is 11.3 Å². The van der Waals surface area contributed by atoms with Crippen molar-refractivity contribution in [2.24, 2.45) is 0 Å². The average Bonchev–Trinajstić information content (AvgIpc) is 3.25. The minimum atomic E-state index is -2.33. The third kappa shape index (κ3) is 2.49. The molecule has 0 unspecified atom stereocenters. The first-order valence-electron chi connectivity index (χ1n) is 10.9. The number of furan rings is 1. The van der Waals surface area contributed by atoms with Crippen LogP contribution in [0.4, 0.5) is 0 Å². The maximum atomic E-state index is 8.50. The summed E-state index contributed by atoms with van der Waals surface area (Å²) < 4.78 is 39.6. The van der Waals surface area contributed by atoms with Crippen LogP contribution in [0.5, 0.6) is 0 Å². The number of pyridine rings is 1. The van der Waals surface area contributed by atoms with Gasteiger partial charge in [-0.15, -0.1) is 11.3 Å². The first-order valence-corrected chi connectivity index (χ1v) is 9.71. The topological polar surface area (TPSA) is 26.0 Å². The lowest BCUT2D eigenvalue weighted by atomic mass is 9.97. The average molecular weight is 376 g/mol. The van der Waals surface area contributed by atoms with Crippen LogP contribution in [-0.4, -0.2) is 4.98 Å². The Morgan fingerprint density at radius 2 is 1.96 bits per heavy atom. The van der Waals surface area contributed by atoms with E-state index in [0.717, 1.165) is 37.6 Å². The quantitative estimate of drug-likeness (QED) is 0.317. The van der Waals surface area contributed by atoms with Crippen molar-refractivity contribution in [2.45, 2.75) is 33.5 Å². The maximum Gasteiger partial charge on any atom is 0.153 e. The molecule has 134 valence electrons. The first kappa shape index (κ1) is 12.7. The zero-order valence-electron chi connectivity index (χ0n) is 19.4. The fraction of sp³-hybridized carbons (Fsp3) is 0.208. The molecule has 0 spiro atoms. The SMILES string of the molecule is [2H]C([2H])([2H])c1cnc(-c2cccc3c2oc2c3ccc3cc(C)sc32)cc1C([2H])(C)C. The van der Waals surface area contributed by atoms with Crippen LogP contribution in [0.2, 0.25) is 0 Å². The highest BCUT2D eigenvalue weighted by molar-refractivity contribution is 7.19. The van der Waals surface area contributed by atoms with Gasteiger partial charge in [0.25, 0.3) is 0 Å². The Kier molecular flexibility index (Phi) is 2.79. The van der Waals surface area contributed by atoms with Crippen molar-refractivity contribution in [2.75, 3.05) is 0 Å². The van der Waals surface area contributed by atoms with Crippen molar-refractivity contribution in [1.29, 1.82) is 0 Å². The molecule has 0 aliphatic rings.